The standard InChI is InChI=1S/C17H22ClFN2O3/c1-10-8-13(23)20-21-16(10)11-4-5-12(14(18)15(11)19)24-9-17(2,3)6-7-22/h4-5,10,22H,6-9H2,1-3H3,(H,20,23). The van der Waals surface area contributed by atoms with E-state index in [0.717, 1.165) is 0 Å². The van der Waals surface area contributed by atoms with E-state index in [2.05, 4.69) is 10.5 Å². The number of carbonyl (C=O) groups excluding carboxylic acids is 1. The lowest BCUT2D eigenvalue weighted by molar-refractivity contribution is -0.121. The SMILES string of the molecule is CC1CC(=O)NN=C1c1ccc(OCC(C)(C)CCO)c(Cl)c1F. The zero-order chi connectivity index (χ0) is 17.9. The number of benzene rings is 1. The topological polar surface area (TPSA) is 70.9 Å². The number of aliphatic hydroxyl groups excluding tert-OH is 1. The number of rotatable bonds is 6. The molecule has 0 aromatic heterocycles. The molecule has 1 aliphatic rings. The van der Waals surface area contributed by atoms with Crippen LogP contribution in [0.4, 0.5) is 4.39 Å². The van der Waals surface area contributed by atoms with Gasteiger partial charge in [0.1, 0.15) is 10.8 Å². The van der Waals surface area contributed by atoms with Crippen molar-refractivity contribution < 1.29 is 19.0 Å². The number of hydrogen-bond acceptors (Lipinski definition) is 4. The summed E-state index contributed by atoms with van der Waals surface area (Å²) in [5, 5.41) is 12.9. The second-order valence-electron chi connectivity index (χ2n) is 6.80. The van der Waals surface area contributed by atoms with Crippen LogP contribution >= 0.6 is 11.6 Å². The van der Waals surface area contributed by atoms with Crippen LogP contribution in [0, 0.1) is 17.2 Å². The van der Waals surface area contributed by atoms with Gasteiger partial charge in [-0.2, -0.15) is 5.10 Å². The van der Waals surface area contributed by atoms with Gasteiger partial charge in [-0.15, -0.1) is 0 Å². The summed E-state index contributed by atoms with van der Waals surface area (Å²) in [6.07, 6.45) is 0.822. The molecule has 1 aliphatic heterocycles. The normalized spacial score (nSPS) is 18.2. The van der Waals surface area contributed by atoms with Crippen LogP contribution in [0.1, 0.15) is 39.2 Å². The van der Waals surface area contributed by atoms with Crippen molar-refractivity contribution in [2.24, 2.45) is 16.4 Å². The van der Waals surface area contributed by atoms with Crippen LogP contribution in [-0.2, 0) is 4.79 Å². The minimum absolute atomic E-state index is 0.0564. The quantitative estimate of drug-likeness (QED) is 0.822. The Bertz CT molecular complexity index is 661. The molecular weight excluding hydrogens is 335 g/mol. The zero-order valence-electron chi connectivity index (χ0n) is 14.0. The van der Waals surface area contributed by atoms with Crippen molar-refractivity contribution in [3.05, 3.63) is 28.5 Å². The molecule has 1 heterocycles. The summed E-state index contributed by atoms with van der Waals surface area (Å²) < 4.78 is 20.3. The molecule has 0 spiro atoms. The molecule has 0 aliphatic carbocycles. The third kappa shape index (κ3) is 4.24. The van der Waals surface area contributed by atoms with E-state index in [1.165, 1.54) is 0 Å². The summed E-state index contributed by atoms with van der Waals surface area (Å²) in [7, 11) is 0. The highest BCUT2D eigenvalue weighted by molar-refractivity contribution is 6.32. The van der Waals surface area contributed by atoms with Gasteiger partial charge in [-0.05, 0) is 18.6 Å². The van der Waals surface area contributed by atoms with E-state index in [9.17, 15) is 9.18 Å². The van der Waals surface area contributed by atoms with Crippen LogP contribution in [-0.4, -0.2) is 29.9 Å². The van der Waals surface area contributed by atoms with Gasteiger partial charge in [-0.25, -0.2) is 9.82 Å². The van der Waals surface area contributed by atoms with Crippen molar-refractivity contribution in [3.63, 3.8) is 0 Å². The highest BCUT2D eigenvalue weighted by Crippen LogP contribution is 2.33. The van der Waals surface area contributed by atoms with Gasteiger partial charge in [0.05, 0.1) is 12.3 Å². The largest absolute Gasteiger partial charge is 0.491 e. The first kappa shape index (κ1) is 18.7. The number of hydrogen-bond donors (Lipinski definition) is 2. The van der Waals surface area contributed by atoms with Crippen LogP contribution in [0.25, 0.3) is 0 Å². The second kappa shape index (κ2) is 7.49. The summed E-state index contributed by atoms with van der Waals surface area (Å²) in [6, 6.07) is 3.16. The fourth-order valence-corrected chi connectivity index (χ4v) is 2.69. The number of nitrogens with one attached hydrogen (secondary N) is 1. The zero-order valence-corrected chi connectivity index (χ0v) is 14.8. The van der Waals surface area contributed by atoms with E-state index in [4.69, 9.17) is 21.4 Å². The Labute approximate surface area is 145 Å². The van der Waals surface area contributed by atoms with Gasteiger partial charge in [0.15, 0.2) is 5.82 Å². The molecular formula is C17H22ClFN2O3. The Morgan fingerprint density at radius 1 is 1.50 bits per heavy atom. The summed E-state index contributed by atoms with van der Waals surface area (Å²) >= 11 is 6.11. The Morgan fingerprint density at radius 2 is 2.21 bits per heavy atom. The number of amides is 1. The highest BCUT2D eigenvalue weighted by atomic mass is 35.5. The maximum absolute atomic E-state index is 14.6. The van der Waals surface area contributed by atoms with Crippen LogP contribution in [0.3, 0.4) is 0 Å². The molecule has 0 saturated carbocycles. The smallest absolute Gasteiger partial charge is 0.240 e. The van der Waals surface area contributed by atoms with Crippen LogP contribution in [0.5, 0.6) is 5.75 Å². The number of carbonyl (C=O) groups is 1. The Kier molecular flexibility index (Phi) is 5.83. The molecule has 0 saturated heterocycles. The lowest BCUT2D eigenvalue weighted by Gasteiger charge is -2.24. The third-order valence-corrected chi connectivity index (χ3v) is 4.34. The molecule has 5 nitrogen and oxygen atoms in total. The van der Waals surface area contributed by atoms with Gasteiger partial charge in [0.2, 0.25) is 5.91 Å². The van der Waals surface area contributed by atoms with Crippen molar-refractivity contribution in [3.8, 4) is 5.75 Å². The number of ether oxygens (including phenoxy) is 1. The van der Waals surface area contributed by atoms with Crippen LogP contribution in [0.2, 0.25) is 5.02 Å². The summed E-state index contributed by atoms with van der Waals surface area (Å²) in [5.41, 5.74) is 2.83. The predicted octanol–water partition coefficient (Wildman–Crippen LogP) is 3.13. The average molecular weight is 357 g/mol. The molecule has 1 amide bonds. The molecule has 24 heavy (non-hydrogen) atoms. The first-order valence-electron chi connectivity index (χ1n) is 7.83. The summed E-state index contributed by atoms with van der Waals surface area (Å²) in [5.74, 6) is -0.753. The Balaban J connectivity index is 2.21. The van der Waals surface area contributed by atoms with E-state index in [-0.39, 0.29) is 46.6 Å². The van der Waals surface area contributed by atoms with E-state index in [1.807, 2.05) is 20.8 Å². The number of nitrogens with zero attached hydrogens (tertiary/aromatic N) is 1. The molecule has 2 rings (SSSR count). The summed E-state index contributed by atoms with van der Waals surface area (Å²) in [4.78, 5) is 11.3. The third-order valence-electron chi connectivity index (χ3n) is 3.99. The Hall–Kier alpha value is -1.66. The van der Waals surface area contributed by atoms with Gasteiger partial charge < -0.3 is 9.84 Å². The monoisotopic (exact) mass is 356 g/mol. The maximum atomic E-state index is 14.6. The fourth-order valence-electron chi connectivity index (χ4n) is 2.47. The van der Waals surface area contributed by atoms with E-state index < -0.39 is 5.82 Å². The summed E-state index contributed by atoms with van der Waals surface area (Å²) in [6.45, 7) is 6.07. The van der Waals surface area contributed by atoms with Crippen molar-refractivity contribution in [1.29, 1.82) is 0 Å². The first-order chi connectivity index (χ1) is 11.2. The van der Waals surface area contributed by atoms with Gasteiger partial charge in [-0.1, -0.05) is 32.4 Å². The number of hydrazone groups is 1. The number of aliphatic hydroxyl groups is 1. The van der Waals surface area contributed by atoms with Gasteiger partial charge in [-0.3, -0.25) is 4.79 Å². The van der Waals surface area contributed by atoms with Crippen molar-refractivity contribution in [1.82, 2.24) is 5.43 Å². The molecule has 0 radical (unpaired) electrons. The van der Waals surface area contributed by atoms with Gasteiger partial charge in [0.25, 0.3) is 0 Å². The van der Waals surface area contributed by atoms with Gasteiger partial charge in [0, 0.05) is 29.9 Å². The first-order valence-corrected chi connectivity index (χ1v) is 8.21. The molecule has 1 aromatic carbocycles. The Morgan fingerprint density at radius 3 is 2.83 bits per heavy atom. The average Bonchev–Trinajstić information content (AvgIpc) is 2.50. The lowest BCUT2D eigenvalue weighted by Crippen LogP contribution is -2.32. The minimum atomic E-state index is -0.615. The molecule has 2 N–H and O–H groups in total. The van der Waals surface area contributed by atoms with E-state index in [0.29, 0.717) is 18.7 Å². The second-order valence-corrected chi connectivity index (χ2v) is 7.18. The van der Waals surface area contributed by atoms with Crippen molar-refractivity contribution in [2.75, 3.05) is 13.2 Å². The van der Waals surface area contributed by atoms with Gasteiger partial charge >= 0.3 is 0 Å². The number of halogens is 2. The van der Waals surface area contributed by atoms with Crippen molar-refractivity contribution in [2.45, 2.75) is 33.6 Å². The van der Waals surface area contributed by atoms with Crippen molar-refractivity contribution >= 4 is 23.2 Å². The van der Waals surface area contributed by atoms with E-state index in [1.54, 1.807) is 12.1 Å². The molecule has 1 atom stereocenters. The fraction of sp³-hybridized carbons (Fsp3) is 0.529. The molecule has 7 heteroatoms. The maximum Gasteiger partial charge on any atom is 0.240 e. The predicted molar refractivity (Wildman–Crippen MR) is 90.8 cm³/mol. The molecule has 0 fully saturated rings. The van der Waals surface area contributed by atoms with Crippen LogP contribution < -0.4 is 10.2 Å². The molecule has 0 bridgehead atoms. The molecule has 1 aromatic rings. The minimum Gasteiger partial charge on any atom is -0.491 e. The highest BCUT2D eigenvalue weighted by Gasteiger charge is 2.26. The molecule has 132 valence electrons. The van der Waals surface area contributed by atoms with E-state index >= 15 is 0 Å². The van der Waals surface area contributed by atoms with Crippen LogP contribution in [0.15, 0.2) is 17.2 Å². The lowest BCUT2D eigenvalue weighted by atomic mass is 9.91. The molecule has 1 unspecified atom stereocenters.